The van der Waals surface area contributed by atoms with Crippen LogP contribution in [0, 0.1) is 0 Å². The van der Waals surface area contributed by atoms with Crippen molar-refractivity contribution in [3.8, 4) is 11.5 Å². The molecule has 1 heterocycles. The van der Waals surface area contributed by atoms with Gasteiger partial charge in [0.2, 0.25) is 5.91 Å². The Morgan fingerprint density at radius 3 is 2.44 bits per heavy atom. The molecular weight excluding hydrogens is 450 g/mol. The van der Waals surface area contributed by atoms with Crippen molar-refractivity contribution in [2.24, 2.45) is 0 Å². The van der Waals surface area contributed by atoms with Gasteiger partial charge in [-0.15, -0.1) is 0 Å². The molecule has 34 heavy (non-hydrogen) atoms. The van der Waals surface area contributed by atoms with Crippen LogP contribution in [0.25, 0.3) is 10.9 Å². The number of aromatic nitrogens is 2. The van der Waals surface area contributed by atoms with Crippen LogP contribution in [0.3, 0.4) is 0 Å². The monoisotopic (exact) mass is 475 g/mol. The van der Waals surface area contributed by atoms with E-state index in [1.54, 1.807) is 49.4 Å². The fraction of sp³-hybridized carbons (Fsp3) is 0.192. The predicted octanol–water partition coefficient (Wildman–Crippen LogP) is 4.69. The van der Waals surface area contributed by atoms with Gasteiger partial charge >= 0.3 is 0 Å². The topological polar surface area (TPSA) is 93.5 Å². The molecule has 0 unspecified atom stereocenters. The Kier molecular flexibility index (Phi) is 7.61. The zero-order valence-electron chi connectivity index (χ0n) is 18.7. The number of fused-ring (bicyclic) bond motifs is 1. The zero-order valence-corrected chi connectivity index (χ0v) is 19.5. The lowest BCUT2D eigenvalue weighted by Gasteiger charge is -2.16. The van der Waals surface area contributed by atoms with Crippen LogP contribution in [0.5, 0.6) is 11.5 Å². The molecule has 0 saturated carbocycles. The summed E-state index contributed by atoms with van der Waals surface area (Å²) < 4.78 is 7.31. The largest absolute Gasteiger partial charge is 0.457 e. The standard InChI is InChI=1S/C26H25N3O4S/c1-18(24(31)27-19-12-14-21(15-13-19)33-20-8-3-2-4-9-20)34-26-28-23-11-6-5-10-22(23)25(32)29(26)16-7-17-30/h2-6,8-15,18,30H,7,16-17H2,1H3,(H,27,31)/t18-/m1/s1. The number of carbonyl (C=O) groups is 1. The highest BCUT2D eigenvalue weighted by molar-refractivity contribution is 8.00. The Bertz CT molecular complexity index is 1320. The lowest BCUT2D eigenvalue weighted by molar-refractivity contribution is -0.115. The van der Waals surface area contributed by atoms with E-state index in [4.69, 9.17) is 4.74 Å². The maximum absolute atomic E-state index is 13.0. The molecule has 1 amide bonds. The molecule has 0 aliphatic heterocycles. The summed E-state index contributed by atoms with van der Waals surface area (Å²) in [6.45, 7) is 2.06. The fourth-order valence-corrected chi connectivity index (χ4v) is 4.28. The molecule has 0 fully saturated rings. The number of rotatable bonds is 9. The number of aliphatic hydroxyl groups excluding tert-OH is 1. The molecule has 0 saturated heterocycles. The summed E-state index contributed by atoms with van der Waals surface area (Å²) in [6, 6.07) is 23.7. The third-order valence-electron chi connectivity index (χ3n) is 5.12. The van der Waals surface area contributed by atoms with Crippen molar-refractivity contribution in [2.75, 3.05) is 11.9 Å². The van der Waals surface area contributed by atoms with Crippen LogP contribution in [0.2, 0.25) is 0 Å². The molecule has 0 aliphatic rings. The average Bonchev–Trinajstić information content (AvgIpc) is 2.85. The van der Waals surface area contributed by atoms with Gasteiger partial charge in [0.15, 0.2) is 5.16 Å². The molecule has 8 heteroatoms. The molecule has 2 N–H and O–H groups in total. The maximum atomic E-state index is 13.0. The van der Waals surface area contributed by atoms with E-state index in [1.165, 1.54) is 16.3 Å². The molecular formula is C26H25N3O4S. The summed E-state index contributed by atoms with van der Waals surface area (Å²) in [4.78, 5) is 30.4. The Balaban J connectivity index is 1.46. The van der Waals surface area contributed by atoms with E-state index in [1.807, 2.05) is 36.4 Å². The van der Waals surface area contributed by atoms with Gasteiger partial charge in [0, 0.05) is 18.8 Å². The zero-order chi connectivity index (χ0) is 23.9. The SMILES string of the molecule is C[C@@H](Sc1nc2ccccc2c(=O)n1CCCO)C(=O)Nc1ccc(Oc2ccccc2)cc1. The quantitative estimate of drug-likeness (QED) is 0.269. The first-order valence-corrected chi connectivity index (χ1v) is 11.8. The molecule has 1 atom stereocenters. The van der Waals surface area contributed by atoms with Crippen LogP contribution < -0.4 is 15.6 Å². The Hall–Kier alpha value is -3.62. The summed E-state index contributed by atoms with van der Waals surface area (Å²) in [5, 5.41) is 12.6. The van der Waals surface area contributed by atoms with E-state index in [0.29, 0.717) is 40.5 Å². The number of nitrogens with one attached hydrogen (secondary N) is 1. The second-order valence-electron chi connectivity index (χ2n) is 7.63. The third kappa shape index (κ3) is 5.65. The molecule has 7 nitrogen and oxygen atoms in total. The summed E-state index contributed by atoms with van der Waals surface area (Å²) >= 11 is 1.22. The number of hydrogen-bond acceptors (Lipinski definition) is 6. The second kappa shape index (κ2) is 11.0. The van der Waals surface area contributed by atoms with Crippen LogP contribution in [0.4, 0.5) is 5.69 Å². The van der Waals surface area contributed by atoms with Gasteiger partial charge in [0.25, 0.3) is 5.56 Å². The number of hydrogen-bond donors (Lipinski definition) is 2. The smallest absolute Gasteiger partial charge is 0.262 e. The van der Waals surface area contributed by atoms with E-state index in [-0.39, 0.29) is 18.1 Å². The summed E-state index contributed by atoms with van der Waals surface area (Å²) in [6.07, 6.45) is 0.422. The van der Waals surface area contributed by atoms with Gasteiger partial charge < -0.3 is 15.2 Å². The highest BCUT2D eigenvalue weighted by atomic mass is 32.2. The number of anilines is 1. The van der Waals surface area contributed by atoms with Crippen molar-refractivity contribution in [1.29, 1.82) is 0 Å². The molecule has 1 aromatic heterocycles. The number of aliphatic hydroxyl groups is 1. The van der Waals surface area contributed by atoms with E-state index < -0.39 is 5.25 Å². The minimum Gasteiger partial charge on any atom is -0.457 e. The number of carbonyl (C=O) groups excluding carboxylic acids is 1. The second-order valence-corrected chi connectivity index (χ2v) is 8.94. The van der Waals surface area contributed by atoms with Gasteiger partial charge in [-0.05, 0) is 61.9 Å². The van der Waals surface area contributed by atoms with Crippen LogP contribution in [0.15, 0.2) is 88.8 Å². The minimum absolute atomic E-state index is 0.0383. The first-order chi connectivity index (χ1) is 16.5. The van der Waals surface area contributed by atoms with E-state index in [9.17, 15) is 14.7 Å². The van der Waals surface area contributed by atoms with Crippen LogP contribution in [0.1, 0.15) is 13.3 Å². The van der Waals surface area contributed by atoms with Gasteiger partial charge in [-0.1, -0.05) is 42.1 Å². The number of thioether (sulfide) groups is 1. The molecule has 174 valence electrons. The first kappa shape index (κ1) is 23.5. The number of ether oxygens (including phenoxy) is 1. The highest BCUT2D eigenvalue weighted by Crippen LogP contribution is 2.26. The van der Waals surface area contributed by atoms with Crippen molar-refractivity contribution in [1.82, 2.24) is 9.55 Å². The van der Waals surface area contributed by atoms with E-state index >= 15 is 0 Å². The number of para-hydroxylation sites is 2. The molecule has 4 rings (SSSR count). The maximum Gasteiger partial charge on any atom is 0.262 e. The number of amides is 1. The van der Waals surface area contributed by atoms with E-state index in [2.05, 4.69) is 10.3 Å². The molecule has 4 aromatic rings. The average molecular weight is 476 g/mol. The Morgan fingerprint density at radius 1 is 1.03 bits per heavy atom. The normalized spacial score (nSPS) is 11.8. The van der Waals surface area contributed by atoms with Gasteiger partial charge in [-0.25, -0.2) is 4.98 Å². The van der Waals surface area contributed by atoms with Gasteiger partial charge in [0.1, 0.15) is 11.5 Å². The molecule has 3 aromatic carbocycles. The lowest BCUT2D eigenvalue weighted by Crippen LogP contribution is -2.27. The molecule has 0 spiro atoms. The Labute approximate surface area is 201 Å². The highest BCUT2D eigenvalue weighted by Gasteiger charge is 2.19. The number of benzene rings is 3. The summed E-state index contributed by atoms with van der Waals surface area (Å²) in [5.41, 5.74) is 1.04. The fourth-order valence-electron chi connectivity index (χ4n) is 3.35. The number of nitrogens with zero attached hydrogens (tertiary/aromatic N) is 2. The molecule has 0 aliphatic carbocycles. The van der Waals surface area contributed by atoms with Crippen LogP contribution in [-0.4, -0.2) is 32.4 Å². The van der Waals surface area contributed by atoms with Crippen molar-refractivity contribution >= 4 is 34.3 Å². The Morgan fingerprint density at radius 2 is 1.71 bits per heavy atom. The van der Waals surface area contributed by atoms with Crippen molar-refractivity contribution < 1.29 is 14.6 Å². The molecule has 0 radical (unpaired) electrons. The first-order valence-electron chi connectivity index (χ1n) is 11.0. The van der Waals surface area contributed by atoms with Gasteiger partial charge in [-0.3, -0.25) is 14.2 Å². The summed E-state index contributed by atoms with van der Waals surface area (Å²) in [7, 11) is 0. The van der Waals surface area contributed by atoms with E-state index in [0.717, 1.165) is 5.75 Å². The van der Waals surface area contributed by atoms with Gasteiger partial charge in [-0.2, -0.15) is 0 Å². The van der Waals surface area contributed by atoms with Crippen molar-refractivity contribution in [3.63, 3.8) is 0 Å². The van der Waals surface area contributed by atoms with Crippen molar-refractivity contribution in [2.45, 2.75) is 30.3 Å². The molecule has 0 bridgehead atoms. The third-order valence-corrected chi connectivity index (χ3v) is 6.21. The van der Waals surface area contributed by atoms with Crippen LogP contribution >= 0.6 is 11.8 Å². The summed E-state index contributed by atoms with van der Waals surface area (Å²) in [5.74, 6) is 1.19. The predicted molar refractivity (Wildman–Crippen MR) is 135 cm³/mol. The van der Waals surface area contributed by atoms with Crippen molar-refractivity contribution in [3.05, 3.63) is 89.2 Å². The lowest BCUT2D eigenvalue weighted by atomic mass is 10.2. The minimum atomic E-state index is -0.506. The van der Waals surface area contributed by atoms with Gasteiger partial charge in [0.05, 0.1) is 16.2 Å². The van der Waals surface area contributed by atoms with Crippen LogP contribution in [-0.2, 0) is 11.3 Å².